The van der Waals surface area contributed by atoms with E-state index >= 15 is 0 Å². The minimum absolute atomic E-state index is 0.0245. The summed E-state index contributed by atoms with van der Waals surface area (Å²) in [7, 11) is 3.91. The molecule has 0 aliphatic rings. The van der Waals surface area contributed by atoms with Crippen LogP contribution < -0.4 is 21.3 Å². The summed E-state index contributed by atoms with van der Waals surface area (Å²) in [4.78, 5) is 14.1. The van der Waals surface area contributed by atoms with E-state index in [4.69, 9.17) is 11.0 Å². The average molecular weight is 321 g/mol. The molecule has 0 atom stereocenters. The van der Waals surface area contributed by atoms with E-state index in [9.17, 15) is 4.79 Å². The number of nitrogens with two attached hydrogens (primary N) is 1. The van der Waals surface area contributed by atoms with Gasteiger partial charge >= 0.3 is 0 Å². The van der Waals surface area contributed by atoms with E-state index in [1.54, 1.807) is 24.3 Å². The molecule has 0 saturated heterocycles. The first kappa shape index (κ1) is 16.9. The van der Waals surface area contributed by atoms with Crippen LogP contribution in [-0.2, 0) is 4.79 Å². The van der Waals surface area contributed by atoms with Crippen LogP contribution in [0.5, 0.6) is 0 Å². The molecule has 0 bridgehead atoms. The van der Waals surface area contributed by atoms with E-state index in [1.807, 2.05) is 49.3 Å². The number of nitrogen functional groups attached to an aromatic ring is 1. The van der Waals surface area contributed by atoms with Crippen LogP contribution in [-0.4, -0.2) is 20.0 Å². The lowest BCUT2D eigenvalue weighted by atomic mass is 10.2. The van der Waals surface area contributed by atoms with Gasteiger partial charge in [0, 0.05) is 43.0 Å². The Kier molecular flexibility index (Phi) is 5.42. The molecular formula is C18H19N5O. The lowest BCUT2D eigenvalue weighted by Crippen LogP contribution is -2.14. The second-order valence-corrected chi connectivity index (χ2v) is 5.33. The van der Waals surface area contributed by atoms with Gasteiger partial charge in [-0.3, -0.25) is 4.79 Å². The highest BCUT2D eigenvalue weighted by Gasteiger charge is 2.09. The fourth-order valence-corrected chi connectivity index (χ4v) is 1.92. The van der Waals surface area contributed by atoms with Gasteiger partial charge in [-0.1, -0.05) is 0 Å². The van der Waals surface area contributed by atoms with Gasteiger partial charge in [-0.25, -0.2) is 0 Å². The monoisotopic (exact) mass is 321 g/mol. The molecule has 0 aliphatic heterocycles. The zero-order valence-corrected chi connectivity index (χ0v) is 13.6. The topological polar surface area (TPSA) is 94.2 Å². The number of rotatable bonds is 5. The first-order valence-corrected chi connectivity index (χ1v) is 7.30. The highest BCUT2D eigenvalue weighted by atomic mass is 16.1. The molecule has 6 nitrogen and oxygen atoms in total. The number of benzene rings is 2. The molecule has 0 heterocycles. The van der Waals surface area contributed by atoms with Crippen LogP contribution in [0.4, 0.5) is 22.7 Å². The number of amides is 1. The number of hydrogen-bond donors (Lipinski definition) is 3. The third-order valence-electron chi connectivity index (χ3n) is 3.30. The Hall–Kier alpha value is -3.46. The first-order valence-electron chi connectivity index (χ1n) is 7.30. The Bertz CT molecular complexity index is 771. The summed E-state index contributed by atoms with van der Waals surface area (Å²) in [6.45, 7) is 0. The number of carbonyl (C=O) groups excluding carboxylic acids is 1. The molecule has 24 heavy (non-hydrogen) atoms. The van der Waals surface area contributed by atoms with Crippen molar-refractivity contribution >= 4 is 28.7 Å². The predicted molar refractivity (Wildman–Crippen MR) is 97.6 cm³/mol. The number of hydrogen-bond acceptors (Lipinski definition) is 5. The van der Waals surface area contributed by atoms with Gasteiger partial charge in [0.15, 0.2) is 0 Å². The van der Waals surface area contributed by atoms with Crippen molar-refractivity contribution < 1.29 is 4.79 Å². The molecule has 0 spiro atoms. The normalized spacial score (nSPS) is 10.6. The lowest BCUT2D eigenvalue weighted by molar-refractivity contribution is -0.112. The Morgan fingerprint density at radius 1 is 1.08 bits per heavy atom. The van der Waals surface area contributed by atoms with Crippen molar-refractivity contribution in [3.8, 4) is 6.07 Å². The number of nitrogens with one attached hydrogen (secondary N) is 2. The van der Waals surface area contributed by atoms with Crippen molar-refractivity contribution in [1.29, 1.82) is 5.26 Å². The maximum atomic E-state index is 12.1. The van der Waals surface area contributed by atoms with Crippen LogP contribution in [0.1, 0.15) is 0 Å². The Balaban J connectivity index is 2.04. The van der Waals surface area contributed by atoms with Crippen molar-refractivity contribution in [2.24, 2.45) is 0 Å². The minimum atomic E-state index is -0.486. The summed E-state index contributed by atoms with van der Waals surface area (Å²) in [6, 6.07) is 16.2. The highest BCUT2D eigenvalue weighted by Crippen LogP contribution is 2.16. The molecule has 2 aromatic rings. The largest absolute Gasteiger partial charge is 0.399 e. The molecule has 2 rings (SSSR count). The van der Waals surface area contributed by atoms with Gasteiger partial charge in [0.05, 0.1) is 0 Å². The molecule has 0 radical (unpaired) electrons. The SMILES string of the molecule is CN(C)c1ccc(N/C=C(/C#N)C(=O)Nc2ccc(N)cc2)cc1. The van der Waals surface area contributed by atoms with Crippen LogP contribution >= 0.6 is 0 Å². The fraction of sp³-hybridized carbons (Fsp3) is 0.111. The number of nitriles is 1. The van der Waals surface area contributed by atoms with Crippen molar-refractivity contribution in [2.75, 3.05) is 35.4 Å². The molecule has 1 amide bonds. The van der Waals surface area contributed by atoms with E-state index in [2.05, 4.69) is 10.6 Å². The second-order valence-electron chi connectivity index (χ2n) is 5.33. The molecule has 0 aliphatic carbocycles. The number of nitrogens with zero attached hydrogens (tertiary/aromatic N) is 2. The van der Waals surface area contributed by atoms with Crippen LogP contribution in [0.25, 0.3) is 0 Å². The number of anilines is 4. The number of carbonyl (C=O) groups is 1. The minimum Gasteiger partial charge on any atom is -0.399 e. The summed E-state index contributed by atoms with van der Waals surface area (Å²) in [5.74, 6) is -0.486. The summed E-state index contributed by atoms with van der Waals surface area (Å²) in [5.41, 5.74) is 8.60. The van der Waals surface area contributed by atoms with Crippen LogP contribution in [0.15, 0.2) is 60.3 Å². The standard InChI is InChI=1S/C18H19N5O/c1-23(2)17-9-7-15(8-10-17)21-12-13(11-19)18(24)22-16-5-3-14(20)4-6-16/h3-10,12,21H,20H2,1-2H3,(H,22,24)/b13-12-. The van der Waals surface area contributed by atoms with Gasteiger partial charge in [0.2, 0.25) is 0 Å². The summed E-state index contributed by atoms with van der Waals surface area (Å²) in [5, 5.41) is 14.8. The third kappa shape index (κ3) is 4.52. The van der Waals surface area contributed by atoms with E-state index < -0.39 is 5.91 Å². The molecule has 4 N–H and O–H groups in total. The summed E-state index contributed by atoms with van der Waals surface area (Å²) >= 11 is 0. The quantitative estimate of drug-likeness (QED) is 0.447. The molecule has 2 aromatic carbocycles. The van der Waals surface area contributed by atoms with Gasteiger partial charge in [-0.05, 0) is 48.5 Å². The maximum absolute atomic E-state index is 12.1. The van der Waals surface area contributed by atoms with Gasteiger partial charge in [-0.15, -0.1) is 0 Å². The van der Waals surface area contributed by atoms with Crippen molar-refractivity contribution in [3.63, 3.8) is 0 Å². The average Bonchev–Trinajstić information content (AvgIpc) is 2.58. The Morgan fingerprint density at radius 3 is 2.21 bits per heavy atom. The van der Waals surface area contributed by atoms with E-state index in [0.29, 0.717) is 11.4 Å². The molecule has 0 aromatic heterocycles. The Labute approximate surface area is 141 Å². The van der Waals surface area contributed by atoms with Crippen LogP contribution in [0.3, 0.4) is 0 Å². The molecule has 122 valence electrons. The molecular weight excluding hydrogens is 302 g/mol. The zero-order chi connectivity index (χ0) is 17.5. The van der Waals surface area contributed by atoms with E-state index in [1.165, 1.54) is 6.20 Å². The molecule has 6 heteroatoms. The van der Waals surface area contributed by atoms with Crippen molar-refractivity contribution in [2.45, 2.75) is 0 Å². The van der Waals surface area contributed by atoms with Gasteiger partial charge in [-0.2, -0.15) is 5.26 Å². The summed E-state index contributed by atoms with van der Waals surface area (Å²) in [6.07, 6.45) is 1.39. The molecule has 0 fully saturated rings. The lowest BCUT2D eigenvalue weighted by Gasteiger charge is -2.12. The highest BCUT2D eigenvalue weighted by molar-refractivity contribution is 6.06. The van der Waals surface area contributed by atoms with Gasteiger partial charge < -0.3 is 21.3 Å². The van der Waals surface area contributed by atoms with Gasteiger partial charge in [0.1, 0.15) is 11.6 Å². The molecule has 0 saturated carbocycles. The van der Waals surface area contributed by atoms with E-state index in [0.717, 1.165) is 11.4 Å². The van der Waals surface area contributed by atoms with Gasteiger partial charge in [0.25, 0.3) is 5.91 Å². The van der Waals surface area contributed by atoms with E-state index in [-0.39, 0.29) is 5.57 Å². The third-order valence-corrected chi connectivity index (χ3v) is 3.30. The van der Waals surface area contributed by atoms with Crippen molar-refractivity contribution in [1.82, 2.24) is 0 Å². The van der Waals surface area contributed by atoms with Crippen molar-refractivity contribution in [3.05, 3.63) is 60.3 Å². The fourth-order valence-electron chi connectivity index (χ4n) is 1.92. The zero-order valence-electron chi connectivity index (χ0n) is 13.6. The maximum Gasteiger partial charge on any atom is 0.267 e. The second kappa shape index (κ2) is 7.70. The molecule has 0 unspecified atom stereocenters. The van der Waals surface area contributed by atoms with Crippen LogP contribution in [0.2, 0.25) is 0 Å². The Morgan fingerprint density at radius 2 is 1.67 bits per heavy atom. The smallest absolute Gasteiger partial charge is 0.267 e. The predicted octanol–water partition coefficient (Wildman–Crippen LogP) is 2.79. The van der Waals surface area contributed by atoms with Crippen LogP contribution in [0, 0.1) is 11.3 Å². The first-order chi connectivity index (χ1) is 11.5. The summed E-state index contributed by atoms with van der Waals surface area (Å²) < 4.78 is 0.